The van der Waals surface area contributed by atoms with Gasteiger partial charge in [0.15, 0.2) is 0 Å². The molecule has 2 rings (SSSR count). The average molecular weight is 267 g/mol. The third kappa shape index (κ3) is 2.73. The lowest BCUT2D eigenvalue weighted by Gasteiger charge is -2.14. The molecule has 0 bridgehead atoms. The van der Waals surface area contributed by atoms with Gasteiger partial charge in [0, 0.05) is 11.6 Å². The molecule has 94 valence electrons. The van der Waals surface area contributed by atoms with Gasteiger partial charge in [-0.3, -0.25) is 4.79 Å². The van der Waals surface area contributed by atoms with E-state index < -0.39 is 17.7 Å². The summed E-state index contributed by atoms with van der Waals surface area (Å²) in [6.45, 7) is 1.65. The molecule has 1 N–H and O–H groups in total. The van der Waals surface area contributed by atoms with Gasteiger partial charge in [-0.1, -0.05) is 12.1 Å². The van der Waals surface area contributed by atoms with Gasteiger partial charge >= 0.3 is 0 Å². The van der Waals surface area contributed by atoms with Crippen molar-refractivity contribution in [1.82, 2.24) is 5.32 Å². The predicted molar refractivity (Wildman–Crippen MR) is 66.6 cm³/mol. The molecule has 18 heavy (non-hydrogen) atoms. The number of carbonyl (C=O) groups is 1. The molecule has 0 saturated carbocycles. The molecule has 1 atom stereocenters. The van der Waals surface area contributed by atoms with Crippen LogP contribution in [0.4, 0.5) is 8.78 Å². The molecule has 0 radical (unpaired) electrons. The summed E-state index contributed by atoms with van der Waals surface area (Å²) < 4.78 is 26.3. The summed E-state index contributed by atoms with van der Waals surface area (Å²) >= 11 is 1.31. The molecule has 1 aromatic carbocycles. The smallest absolute Gasteiger partial charge is 0.261 e. The first kappa shape index (κ1) is 12.7. The first-order valence-electron chi connectivity index (χ1n) is 5.37. The Kier molecular flexibility index (Phi) is 3.72. The van der Waals surface area contributed by atoms with Crippen LogP contribution in [0.15, 0.2) is 35.7 Å². The molecule has 1 amide bonds. The van der Waals surface area contributed by atoms with E-state index in [1.54, 1.807) is 24.4 Å². The number of rotatable bonds is 3. The monoisotopic (exact) mass is 267 g/mol. The topological polar surface area (TPSA) is 29.1 Å². The van der Waals surface area contributed by atoms with E-state index in [0.29, 0.717) is 4.88 Å². The number of amides is 1. The summed E-state index contributed by atoms with van der Waals surface area (Å²) in [5, 5.41) is 4.46. The fourth-order valence-corrected chi connectivity index (χ4v) is 2.23. The summed E-state index contributed by atoms with van der Waals surface area (Å²) in [5.41, 5.74) is 0.265. The van der Waals surface area contributed by atoms with Gasteiger partial charge in [-0.15, -0.1) is 11.3 Å². The highest BCUT2D eigenvalue weighted by atomic mass is 32.1. The summed E-state index contributed by atoms with van der Waals surface area (Å²) in [4.78, 5) is 12.3. The molecule has 0 fully saturated rings. The van der Waals surface area contributed by atoms with Gasteiger partial charge in [0.25, 0.3) is 5.91 Å². The van der Waals surface area contributed by atoms with Crippen molar-refractivity contribution >= 4 is 17.2 Å². The molecule has 1 aromatic heterocycles. The van der Waals surface area contributed by atoms with E-state index in [1.807, 2.05) is 0 Å². The number of hydrogen-bond acceptors (Lipinski definition) is 2. The van der Waals surface area contributed by atoms with E-state index in [-0.39, 0.29) is 11.5 Å². The van der Waals surface area contributed by atoms with E-state index in [0.717, 1.165) is 6.07 Å². The second-order valence-electron chi connectivity index (χ2n) is 3.84. The minimum absolute atomic E-state index is 0.263. The van der Waals surface area contributed by atoms with Crippen LogP contribution in [0.5, 0.6) is 0 Å². The number of hydrogen-bond donors (Lipinski definition) is 1. The normalized spacial score (nSPS) is 12.2. The maximum atomic E-state index is 13.5. The third-order valence-electron chi connectivity index (χ3n) is 2.52. The van der Waals surface area contributed by atoms with Crippen LogP contribution in [0.1, 0.15) is 28.2 Å². The molecule has 0 aliphatic rings. The van der Waals surface area contributed by atoms with Gasteiger partial charge < -0.3 is 5.32 Å². The van der Waals surface area contributed by atoms with E-state index in [9.17, 15) is 13.6 Å². The summed E-state index contributed by atoms with van der Waals surface area (Å²) in [7, 11) is 0. The van der Waals surface area contributed by atoms with Gasteiger partial charge in [0.1, 0.15) is 11.6 Å². The van der Waals surface area contributed by atoms with Crippen LogP contribution in [0, 0.1) is 11.6 Å². The summed E-state index contributed by atoms with van der Waals surface area (Å²) in [6.07, 6.45) is 0. The third-order valence-corrected chi connectivity index (χ3v) is 3.39. The highest BCUT2D eigenvalue weighted by Gasteiger charge is 2.15. The molecule has 0 saturated heterocycles. The van der Waals surface area contributed by atoms with Crippen LogP contribution < -0.4 is 5.32 Å². The van der Waals surface area contributed by atoms with Crippen molar-refractivity contribution in [2.45, 2.75) is 13.0 Å². The molecular formula is C13H11F2NOS. The zero-order valence-corrected chi connectivity index (χ0v) is 10.4. The maximum absolute atomic E-state index is 13.5. The number of thiophene rings is 1. The maximum Gasteiger partial charge on any atom is 0.261 e. The molecule has 0 spiro atoms. The molecule has 0 aliphatic carbocycles. The molecule has 0 unspecified atom stereocenters. The fraction of sp³-hybridized carbons (Fsp3) is 0.154. The average Bonchev–Trinajstić information content (AvgIpc) is 2.81. The first-order valence-corrected chi connectivity index (χ1v) is 6.25. The standard InChI is InChI=1S/C13H11F2NOS/c1-8(10-5-4-9(14)7-11(10)15)16-13(17)12-3-2-6-18-12/h2-8H,1H3,(H,16,17)/t8-/m1/s1. The Bertz CT molecular complexity index is 554. The zero-order valence-electron chi connectivity index (χ0n) is 9.61. The Morgan fingerprint density at radius 1 is 1.33 bits per heavy atom. The van der Waals surface area contributed by atoms with Crippen molar-refractivity contribution in [3.8, 4) is 0 Å². The Morgan fingerprint density at radius 2 is 2.11 bits per heavy atom. The van der Waals surface area contributed by atoms with Gasteiger partial charge in [0.2, 0.25) is 0 Å². The lowest BCUT2D eigenvalue weighted by atomic mass is 10.1. The Labute approximate surface area is 107 Å². The second kappa shape index (κ2) is 5.27. The van der Waals surface area contributed by atoms with Crippen molar-refractivity contribution < 1.29 is 13.6 Å². The van der Waals surface area contributed by atoms with E-state index >= 15 is 0 Å². The predicted octanol–water partition coefficient (Wildman–Crippen LogP) is 3.52. The summed E-state index contributed by atoms with van der Waals surface area (Å²) in [5.74, 6) is -1.55. The van der Waals surface area contributed by atoms with Crippen molar-refractivity contribution in [3.63, 3.8) is 0 Å². The minimum Gasteiger partial charge on any atom is -0.345 e. The zero-order chi connectivity index (χ0) is 13.1. The van der Waals surface area contributed by atoms with E-state index in [2.05, 4.69) is 5.32 Å². The van der Waals surface area contributed by atoms with Crippen molar-refractivity contribution in [1.29, 1.82) is 0 Å². The minimum atomic E-state index is -0.658. The molecule has 1 heterocycles. The molecule has 2 nitrogen and oxygen atoms in total. The van der Waals surface area contributed by atoms with Gasteiger partial charge in [-0.05, 0) is 24.4 Å². The molecule has 0 aliphatic heterocycles. The Morgan fingerprint density at radius 3 is 2.72 bits per heavy atom. The molecule has 5 heteroatoms. The summed E-state index contributed by atoms with van der Waals surface area (Å²) in [6, 6.07) is 6.26. The van der Waals surface area contributed by atoms with Crippen LogP contribution >= 0.6 is 11.3 Å². The van der Waals surface area contributed by atoms with Crippen molar-refractivity contribution in [3.05, 3.63) is 57.8 Å². The lowest BCUT2D eigenvalue weighted by Crippen LogP contribution is -2.26. The number of halogens is 2. The Balaban J connectivity index is 2.12. The SMILES string of the molecule is C[C@@H](NC(=O)c1cccs1)c1ccc(F)cc1F. The van der Waals surface area contributed by atoms with Gasteiger partial charge in [-0.2, -0.15) is 0 Å². The fourth-order valence-electron chi connectivity index (χ4n) is 1.61. The van der Waals surface area contributed by atoms with Gasteiger partial charge in [-0.25, -0.2) is 8.78 Å². The van der Waals surface area contributed by atoms with Crippen LogP contribution in [0.3, 0.4) is 0 Å². The van der Waals surface area contributed by atoms with E-state index in [4.69, 9.17) is 0 Å². The highest BCUT2D eigenvalue weighted by Crippen LogP contribution is 2.19. The van der Waals surface area contributed by atoms with Crippen LogP contribution in [0.2, 0.25) is 0 Å². The van der Waals surface area contributed by atoms with Gasteiger partial charge in [0.05, 0.1) is 10.9 Å². The molecular weight excluding hydrogens is 256 g/mol. The number of nitrogens with one attached hydrogen (secondary N) is 1. The highest BCUT2D eigenvalue weighted by molar-refractivity contribution is 7.12. The lowest BCUT2D eigenvalue weighted by molar-refractivity contribution is 0.0943. The van der Waals surface area contributed by atoms with Crippen LogP contribution in [-0.4, -0.2) is 5.91 Å². The quantitative estimate of drug-likeness (QED) is 0.905. The van der Waals surface area contributed by atoms with Crippen molar-refractivity contribution in [2.75, 3.05) is 0 Å². The first-order chi connectivity index (χ1) is 8.58. The largest absolute Gasteiger partial charge is 0.345 e. The molecule has 2 aromatic rings. The Hall–Kier alpha value is -1.75. The van der Waals surface area contributed by atoms with Crippen LogP contribution in [-0.2, 0) is 0 Å². The van der Waals surface area contributed by atoms with Crippen LogP contribution in [0.25, 0.3) is 0 Å². The second-order valence-corrected chi connectivity index (χ2v) is 4.79. The number of benzene rings is 1. The van der Waals surface area contributed by atoms with Crippen molar-refractivity contribution in [2.24, 2.45) is 0 Å². The van der Waals surface area contributed by atoms with E-state index in [1.165, 1.54) is 23.5 Å². The number of carbonyl (C=O) groups excluding carboxylic acids is 1.